The van der Waals surface area contributed by atoms with Crippen LogP contribution in [0.1, 0.15) is 52.9 Å². The molecule has 0 aromatic carbocycles. The Bertz CT molecular complexity index is 299. The number of nitrogens with zero attached hydrogens (tertiary/aromatic N) is 1. The third kappa shape index (κ3) is 5.25. The van der Waals surface area contributed by atoms with Gasteiger partial charge in [0.2, 0.25) is 5.91 Å². The number of hydrogen-bond acceptors (Lipinski definition) is 2. The van der Waals surface area contributed by atoms with Gasteiger partial charge in [0.25, 0.3) is 0 Å². The monoisotopic (exact) mass is 302 g/mol. The minimum absolute atomic E-state index is 0. The maximum Gasteiger partial charge on any atom is 0.223 e. The summed E-state index contributed by atoms with van der Waals surface area (Å²) >= 11 is 0. The minimum atomic E-state index is 0. The zero-order valence-electron chi connectivity index (χ0n) is 13.2. The van der Waals surface area contributed by atoms with E-state index in [9.17, 15) is 4.79 Å². The molecular formula is C16H31ClN2O. The Labute approximate surface area is 130 Å². The molecule has 0 aromatic rings. The van der Waals surface area contributed by atoms with Crippen molar-refractivity contribution < 1.29 is 4.79 Å². The molecule has 1 heterocycles. The van der Waals surface area contributed by atoms with Crippen molar-refractivity contribution in [2.24, 2.45) is 17.8 Å². The second kappa shape index (κ2) is 8.23. The Balaban J connectivity index is 0.00000200. The van der Waals surface area contributed by atoms with Gasteiger partial charge in [-0.2, -0.15) is 0 Å². The van der Waals surface area contributed by atoms with Crippen LogP contribution in [0.2, 0.25) is 0 Å². The zero-order valence-corrected chi connectivity index (χ0v) is 14.0. The number of rotatable bonds is 6. The molecule has 2 fully saturated rings. The van der Waals surface area contributed by atoms with Gasteiger partial charge in [-0.05, 0) is 56.5 Å². The summed E-state index contributed by atoms with van der Waals surface area (Å²) in [6.45, 7) is 9.87. The van der Waals surface area contributed by atoms with Crippen molar-refractivity contribution in [3.8, 4) is 0 Å². The molecule has 1 aliphatic carbocycles. The van der Waals surface area contributed by atoms with Crippen LogP contribution in [0, 0.1) is 17.8 Å². The van der Waals surface area contributed by atoms with Gasteiger partial charge in [-0.15, -0.1) is 12.4 Å². The molecule has 118 valence electrons. The van der Waals surface area contributed by atoms with Crippen LogP contribution in [0.3, 0.4) is 0 Å². The smallest absolute Gasteiger partial charge is 0.223 e. The highest BCUT2D eigenvalue weighted by Crippen LogP contribution is 2.30. The molecule has 1 N–H and O–H groups in total. The molecule has 2 rings (SSSR count). The Morgan fingerprint density at radius 3 is 2.45 bits per heavy atom. The van der Waals surface area contributed by atoms with Crippen molar-refractivity contribution in [3.63, 3.8) is 0 Å². The fourth-order valence-electron chi connectivity index (χ4n) is 3.16. The number of hydrogen-bond donors (Lipinski definition) is 1. The van der Waals surface area contributed by atoms with Crippen LogP contribution in [-0.2, 0) is 4.79 Å². The molecule has 1 saturated carbocycles. The first kappa shape index (κ1) is 17.8. The Morgan fingerprint density at radius 2 is 1.95 bits per heavy atom. The average Bonchev–Trinajstić information content (AvgIpc) is 3.21. The fraction of sp³-hybridized carbons (Fsp3) is 0.938. The summed E-state index contributed by atoms with van der Waals surface area (Å²) in [5.74, 6) is 2.19. The number of piperidine rings is 1. The van der Waals surface area contributed by atoms with Crippen molar-refractivity contribution in [3.05, 3.63) is 0 Å². The number of amides is 1. The number of carbonyl (C=O) groups is 1. The lowest BCUT2D eigenvalue weighted by atomic mass is 9.85. The van der Waals surface area contributed by atoms with Crippen LogP contribution in [-0.4, -0.2) is 36.5 Å². The van der Waals surface area contributed by atoms with E-state index in [1.54, 1.807) is 0 Å². The summed E-state index contributed by atoms with van der Waals surface area (Å²) in [4.78, 5) is 14.7. The molecule has 20 heavy (non-hydrogen) atoms. The van der Waals surface area contributed by atoms with Gasteiger partial charge in [-0.25, -0.2) is 0 Å². The number of halogens is 1. The average molecular weight is 303 g/mol. The van der Waals surface area contributed by atoms with Crippen molar-refractivity contribution in [1.29, 1.82) is 0 Å². The summed E-state index contributed by atoms with van der Waals surface area (Å²) < 4.78 is 0. The van der Waals surface area contributed by atoms with Gasteiger partial charge in [-0.1, -0.05) is 20.8 Å². The summed E-state index contributed by atoms with van der Waals surface area (Å²) in [6, 6.07) is 0.562. The predicted molar refractivity (Wildman–Crippen MR) is 86.2 cm³/mol. The zero-order chi connectivity index (χ0) is 13.8. The van der Waals surface area contributed by atoms with Crippen molar-refractivity contribution in [2.75, 3.05) is 19.6 Å². The third-order valence-electron chi connectivity index (χ3n) is 4.51. The van der Waals surface area contributed by atoms with E-state index in [0.717, 1.165) is 26.1 Å². The minimum Gasteiger partial charge on any atom is -0.339 e. The van der Waals surface area contributed by atoms with Gasteiger partial charge in [0.15, 0.2) is 0 Å². The van der Waals surface area contributed by atoms with Crippen LogP contribution in [0.25, 0.3) is 0 Å². The predicted octanol–water partition coefficient (Wildman–Crippen LogP) is 3.08. The lowest BCUT2D eigenvalue weighted by molar-refractivity contribution is -0.133. The normalized spacial score (nSPS) is 24.1. The van der Waals surface area contributed by atoms with Gasteiger partial charge >= 0.3 is 0 Å². The fourth-order valence-corrected chi connectivity index (χ4v) is 3.16. The first-order valence-corrected chi connectivity index (χ1v) is 8.08. The SMILES string of the molecule is CC(C)CN(C(=O)CC(C)C1CCCNC1)C1CC1.Cl. The number of carbonyl (C=O) groups excluding carboxylic acids is 1. The highest BCUT2D eigenvalue weighted by atomic mass is 35.5. The topological polar surface area (TPSA) is 32.3 Å². The second-order valence-electron chi connectivity index (χ2n) is 6.96. The lowest BCUT2D eigenvalue weighted by Gasteiger charge is -2.31. The maximum absolute atomic E-state index is 12.5. The molecule has 4 heteroatoms. The maximum atomic E-state index is 12.5. The quantitative estimate of drug-likeness (QED) is 0.818. The first-order valence-electron chi connectivity index (χ1n) is 8.08. The molecule has 2 aliphatic rings. The molecular weight excluding hydrogens is 272 g/mol. The molecule has 1 saturated heterocycles. The van der Waals surface area contributed by atoms with Crippen LogP contribution in [0.15, 0.2) is 0 Å². The Hall–Kier alpha value is -0.280. The van der Waals surface area contributed by atoms with E-state index in [1.165, 1.54) is 25.7 Å². The summed E-state index contributed by atoms with van der Waals surface area (Å²) in [7, 11) is 0. The van der Waals surface area contributed by atoms with Crippen LogP contribution in [0.5, 0.6) is 0 Å². The van der Waals surface area contributed by atoms with Crippen molar-refractivity contribution in [1.82, 2.24) is 10.2 Å². The summed E-state index contributed by atoms with van der Waals surface area (Å²) in [6.07, 6.45) is 5.74. The van der Waals surface area contributed by atoms with Crippen LogP contribution in [0.4, 0.5) is 0 Å². The van der Waals surface area contributed by atoms with Gasteiger partial charge in [0, 0.05) is 19.0 Å². The molecule has 1 amide bonds. The molecule has 0 radical (unpaired) electrons. The molecule has 2 atom stereocenters. The van der Waals surface area contributed by atoms with Gasteiger partial charge < -0.3 is 10.2 Å². The Morgan fingerprint density at radius 1 is 1.25 bits per heavy atom. The van der Waals surface area contributed by atoms with E-state index in [0.29, 0.717) is 29.7 Å². The van der Waals surface area contributed by atoms with E-state index in [2.05, 4.69) is 31.0 Å². The van der Waals surface area contributed by atoms with Crippen molar-refractivity contribution in [2.45, 2.75) is 58.9 Å². The molecule has 0 bridgehead atoms. The summed E-state index contributed by atoms with van der Waals surface area (Å²) in [5.41, 5.74) is 0. The first-order chi connectivity index (χ1) is 9.08. The highest BCUT2D eigenvalue weighted by molar-refractivity contribution is 5.85. The van der Waals surface area contributed by atoms with Crippen LogP contribution >= 0.6 is 12.4 Å². The highest BCUT2D eigenvalue weighted by Gasteiger charge is 2.34. The molecule has 0 spiro atoms. The van der Waals surface area contributed by atoms with Crippen LogP contribution < -0.4 is 5.32 Å². The Kier molecular flexibility index (Phi) is 7.32. The largest absolute Gasteiger partial charge is 0.339 e. The third-order valence-corrected chi connectivity index (χ3v) is 4.51. The molecule has 0 aromatic heterocycles. The van der Waals surface area contributed by atoms with E-state index in [4.69, 9.17) is 0 Å². The summed E-state index contributed by atoms with van der Waals surface area (Å²) in [5, 5.41) is 3.46. The molecule has 3 nitrogen and oxygen atoms in total. The standard InChI is InChI=1S/C16H30N2O.ClH/c1-12(2)11-18(15-6-7-15)16(19)9-13(3)14-5-4-8-17-10-14;/h12-15,17H,4-11H2,1-3H3;1H. The van der Waals surface area contributed by atoms with E-state index in [-0.39, 0.29) is 12.4 Å². The molecule has 2 unspecified atom stereocenters. The number of nitrogens with one attached hydrogen (secondary N) is 1. The van der Waals surface area contributed by atoms with E-state index in [1.807, 2.05) is 0 Å². The van der Waals surface area contributed by atoms with Crippen molar-refractivity contribution >= 4 is 18.3 Å². The lowest BCUT2D eigenvalue weighted by Crippen LogP contribution is -2.39. The second-order valence-corrected chi connectivity index (χ2v) is 6.96. The van der Waals surface area contributed by atoms with Gasteiger partial charge in [-0.3, -0.25) is 4.79 Å². The van der Waals surface area contributed by atoms with E-state index < -0.39 is 0 Å². The van der Waals surface area contributed by atoms with E-state index >= 15 is 0 Å². The van der Waals surface area contributed by atoms with Gasteiger partial charge in [0.1, 0.15) is 0 Å². The molecule has 1 aliphatic heterocycles. The van der Waals surface area contributed by atoms with Gasteiger partial charge in [0.05, 0.1) is 0 Å².